The summed E-state index contributed by atoms with van der Waals surface area (Å²) in [6, 6.07) is -0.0462. The van der Waals surface area contributed by atoms with Gasteiger partial charge in [0, 0.05) is 12.6 Å². The summed E-state index contributed by atoms with van der Waals surface area (Å²) in [7, 11) is 0. The molecule has 3 N–H and O–H groups in total. The lowest BCUT2D eigenvalue weighted by molar-refractivity contribution is -0.143. The maximum atomic E-state index is 12.0. The van der Waals surface area contributed by atoms with Gasteiger partial charge < -0.3 is 15.8 Å². The maximum absolute atomic E-state index is 12.0. The van der Waals surface area contributed by atoms with Crippen molar-refractivity contribution in [3.63, 3.8) is 0 Å². The van der Waals surface area contributed by atoms with Crippen LogP contribution in [0.5, 0.6) is 0 Å². The largest absolute Gasteiger partial charge is 0.466 e. The lowest BCUT2D eigenvalue weighted by Gasteiger charge is -2.20. The summed E-state index contributed by atoms with van der Waals surface area (Å²) in [5.74, 6) is -0.397. The van der Waals surface area contributed by atoms with Crippen molar-refractivity contribution in [2.24, 2.45) is 11.7 Å². The lowest BCUT2D eigenvalue weighted by Crippen LogP contribution is -2.41. The van der Waals surface area contributed by atoms with Crippen LogP contribution in [-0.2, 0) is 14.3 Å². The molecule has 0 aromatic carbocycles. The Balaban J connectivity index is 2.28. The molecule has 1 saturated carbocycles. The zero-order chi connectivity index (χ0) is 13.4. The second-order valence-electron chi connectivity index (χ2n) is 4.75. The summed E-state index contributed by atoms with van der Waals surface area (Å²) in [4.78, 5) is 23.1. The van der Waals surface area contributed by atoms with Gasteiger partial charge in [0.15, 0.2) is 0 Å². The molecule has 1 aliphatic carbocycles. The average molecular weight is 256 g/mol. The lowest BCUT2D eigenvalue weighted by atomic mass is 9.94. The van der Waals surface area contributed by atoms with Crippen LogP contribution in [0.2, 0.25) is 0 Å². The Bertz CT molecular complexity index is 281. The minimum absolute atomic E-state index is 0.0197. The second-order valence-corrected chi connectivity index (χ2v) is 4.75. The fourth-order valence-corrected chi connectivity index (χ4v) is 2.31. The van der Waals surface area contributed by atoms with Crippen LogP contribution in [-0.4, -0.2) is 31.1 Å². The fourth-order valence-electron chi connectivity index (χ4n) is 2.31. The molecule has 104 valence electrons. The molecule has 0 bridgehead atoms. The van der Waals surface area contributed by atoms with E-state index in [9.17, 15) is 9.59 Å². The maximum Gasteiger partial charge on any atom is 0.307 e. The normalized spacial score (nSPS) is 24.1. The number of esters is 1. The molecule has 5 nitrogen and oxygen atoms in total. The molecule has 2 atom stereocenters. The Hall–Kier alpha value is -1.10. The molecule has 2 unspecified atom stereocenters. The van der Waals surface area contributed by atoms with E-state index in [2.05, 4.69) is 5.32 Å². The molecule has 0 spiro atoms. The number of rotatable bonds is 5. The minimum Gasteiger partial charge on any atom is -0.466 e. The number of ether oxygens (including phenoxy) is 1. The molecule has 0 aliphatic heterocycles. The van der Waals surface area contributed by atoms with Crippen LogP contribution in [0.15, 0.2) is 0 Å². The summed E-state index contributed by atoms with van der Waals surface area (Å²) in [5, 5.41) is 2.78. The Kier molecular flexibility index (Phi) is 6.72. The van der Waals surface area contributed by atoms with E-state index in [4.69, 9.17) is 10.5 Å². The quantitative estimate of drug-likeness (QED) is 0.567. The van der Waals surface area contributed by atoms with Crippen LogP contribution < -0.4 is 11.1 Å². The van der Waals surface area contributed by atoms with Crippen LogP contribution in [0, 0.1) is 5.92 Å². The first-order valence-corrected chi connectivity index (χ1v) is 6.84. The number of hydrogen-bond donors (Lipinski definition) is 2. The molecule has 0 heterocycles. The molecule has 0 saturated heterocycles. The first-order valence-electron chi connectivity index (χ1n) is 6.84. The highest BCUT2D eigenvalue weighted by Crippen LogP contribution is 2.22. The first-order chi connectivity index (χ1) is 8.65. The van der Waals surface area contributed by atoms with E-state index in [1.165, 1.54) is 0 Å². The number of carbonyl (C=O) groups excluding carboxylic acids is 2. The van der Waals surface area contributed by atoms with Crippen molar-refractivity contribution in [2.45, 2.75) is 51.5 Å². The van der Waals surface area contributed by atoms with Gasteiger partial charge in [-0.2, -0.15) is 0 Å². The zero-order valence-corrected chi connectivity index (χ0v) is 11.1. The van der Waals surface area contributed by atoms with E-state index < -0.39 is 0 Å². The van der Waals surface area contributed by atoms with Crippen molar-refractivity contribution < 1.29 is 14.3 Å². The van der Waals surface area contributed by atoms with Crippen LogP contribution in [0.3, 0.4) is 0 Å². The molecule has 0 aromatic rings. The van der Waals surface area contributed by atoms with Gasteiger partial charge in [0.2, 0.25) is 5.91 Å². The van der Waals surface area contributed by atoms with Crippen molar-refractivity contribution >= 4 is 11.9 Å². The standard InChI is InChI=1S/C13H24N2O3/c1-2-18-12(16)8-9-15-13(17)10-6-4-3-5-7-11(10)14/h10-11H,2-9,14H2,1H3,(H,15,17). The number of amides is 1. The second kappa shape index (κ2) is 8.08. The number of nitrogens with one attached hydrogen (secondary N) is 1. The van der Waals surface area contributed by atoms with Gasteiger partial charge in [0.05, 0.1) is 18.9 Å². The Labute approximate surface area is 108 Å². The molecule has 1 amide bonds. The SMILES string of the molecule is CCOC(=O)CCNC(=O)C1CCCCCC1N. The number of carbonyl (C=O) groups is 2. The van der Waals surface area contributed by atoms with E-state index in [0.717, 1.165) is 32.1 Å². The summed E-state index contributed by atoms with van der Waals surface area (Å²) in [5.41, 5.74) is 6.01. The summed E-state index contributed by atoms with van der Waals surface area (Å²) in [6.45, 7) is 2.47. The molecule has 1 aliphatic rings. The monoisotopic (exact) mass is 256 g/mol. The van der Waals surface area contributed by atoms with Crippen LogP contribution >= 0.6 is 0 Å². The minimum atomic E-state index is -0.275. The Morgan fingerprint density at radius 2 is 2.00 bits per heavy atom. The summed E-state index contributed by atoms with van der Waals surface area (Å²) in [6.07, 6.45) is 5.31. The molecule has 0 radical (unpaired) electrons. The third kappa shape index (κ3) is 5.04. The zero-order valence-electron chi connectivity index (χ0n) is 11.1. The van der Waals surface area contributed by atoms with Gasteiger partial charge in [-0.05, 0) is 19.8 Å². The third-order valence-corrected chi connectivity index (χ3v) is 3.34. The van der Waals surface area contributed by atoms with E-state index in [1.807, 2.05) is 0 Å². The Morgan fingerprint density at radius 3 is 2.72 bits per heavy atom. The first kappa shape index (κ1) is 15.0. The predicted octanol–water partition coefficient (Wildman–Crippen LogP) is 0.963. The molecule has 18 heavy (non-hydrogen) atoms. The van der Waals surface area contributed by atoms with Gasteiger partial charge in [-0.3, -0.25) is 9.59 Å². The van der Waals surface area contributed by atoms with Crippen LogP contribution in [0.1, 0.15) is 45.4 Å². The van der Waals surface area contributed by atoms with Crippen molar-refractivity contribution in [1.82, 2.24) is 5.32 Å². The van der Waals surface area contributed by atoms with Gasteiger partial charge >= 0.3 is 5.97 Å². The molecule has 1 fully saturated rings. The molecule has 1 rings (SSSR count). The van der Waals surface area contributed by atoms with E-state index in [1.54, 1.807) is 6.92 Å². The van der Waals surface area contributed by atoms with E-state index >= 15 is 0 Å². The van der Waals surface area contributed by atoms with Crippen molar-refractivity contribution in [3.05, 3.63) is 0 Å². The summed E-state index contributed by atoms with van der Waals surface area (Å²) >= 11 is 0. The van der Waals surface area contributed by atoms with E-state index in [0.29, 0.717) is 13.2 Å². The molecule has 5 heteroatoms. The smallest absolute Gasteiger partial charge is 0.307 e. The van der Waals surface area contributed by atoms with Crippen molar-refractivity contribution in [3.8, 4) is 0 Å². The van der Waals surface area contributed by atoms with Gasteiger partial charge in [-0.1, -0.05) is 19.3 Å². The average Bonchev–Trinajstić information content (AvgIpc) is 2.54. The van der Waals surface area contributed by atoms with Crippen molar-refractivity contribution in [2.75, 3.05) is 13.2 Å². The molecule has 0 aromatic heterocycles. The van der Waals surface area contributed by atoms with Gasteiger partial charge in [0.1, 0.15) is 0 Å². The number of hydrogen-bond acceptors (Lipinski definition) is 4. The van der Waals surface area contributed by atoms with Gasteiger partial charge in [-0.25, -0.2) is 0 Å². The summed E-state index contributed by atoms with van der Waals surface area (Å²) < 4.78 is 4.80. The molecular formula is C13H24N2O3. The third-order valence-electron chi connectivity index (χ3n) is 3.34. The van der Waals surface area contributed by atoms with Crippen LogP contribution in [0.25, 0.3) is 0 Å². The van der Waals surface area contributed by atoms with Crippen LogP contribution in [0.4, 0.5) is 0 Å². The fraction of sp³-hybridized carbons (Fsp3) is 0.846. The predicted molar refractivity (Wildman–Crippen MR) is 68.8 cm³/mol. The number of nitrogens with two attached hydrogens (primary N) is 1. The topological polar surface area (TPSA) is 81.4 Å². The van der Waals surface area contributed by atoms with Crippen molar-refractivity contribution in [1.29, 1.82) is 0 Å². The highest BCUT2D eigenvalue weighted by atomic mass is 16.5. The highest BCUT2D eigenvalue weighted by molar-refractivity contribution is 5.80. The highest BCUT2D eigenvalue weighted by Gasteiger charge is 2.26. The Morgan fingerprint density at radius 1 is 1.28 bits per heavy atom. The van der Waals surface area contributed by atoms with Gasteiger partial charge in [-0.15, -0.1) is 0 Å². The molecular weight excluding hydrogens is 232 g/mol. The van der Waals surface area contributed by atoms with Gasteiger partial charge in [0.25, 0.3) is 0 Å². The van der Waals surface area contributed by atoms with E-state index in [-0.39, 0.29) is 30.3 Å².